The standard InChI is InChI=1S/C73H79BN2O2/c1-40-21-23-42(24-22-40)76-58-37-50-44(45-33-52-54(36-49(45)73(50,15)16)70(9,10)28-26-68(52,5)6)32-47(58)62-63-59(35-46-43-19-17-18-20-60(43)77-65(46)62)75(57-38-55-51(31-41(57)2)67(3,4)25-29-71(55,11)12)64-48-34-53-56(39-61(48)78-66(64)74(63)76)72(13,14)30-27-69(53,7)8/h17-18,20-24,31-39,43H,19,25-30H2,1-16H3. The molecule has 6 aromatic carbocycles. The lowest BCUT2D eigenvalue weighted by Gasteiger charge is -2.46. The molecule has 4 heterocycles. The van der Waals surface area contributed by atoms with Gasteiger partial charge in [0.15, 0.2) is 0 Å². The van der Waals surface area contributed by atoms with Crippen LogP contribution in [0.2, 0.25) is 0 Å². The maximum atomic E-state index is 7.88. The van der Waals surface area contributed by atoms with Gasteiger partial charge < -0.3 is 18.9 Å². The van der Waals surface area contributed by atoms with Gasteiger partial charge in [-0.2, -0.15) is 0 Å². The van der Waals surface area contributed by atoms with Crippen LogP contribution in [-0.4, -0.2) is 6.85 Å². The smallest absolute Gasteiger partial charge is 0.376 e. The van der Waals surface area contributed by atoms with Crippen molar-refractivity contribution in [2.75, 3.05) is 9.71 Å². The van der Waals surface area contributed by atoms with Crippen molar-refractivity contribution in [3.8, 4) is 28.0 Å². The highest BCUT2D eigenvalue weighted by Crippen LogP contribution is 2.62. The number of hydrogen-bond donors (Lipinski definition) is 0. The van der Waals surface area contributed by atoms with Gasteiger partial charge in [-0.25, -0.2) is 0 Å². The SMILES string of the molecule is Cc1ccc(N2B3c4oc5cc6c(cc5c4N(c4cc5c(cc4C)C(C)(C)CCC5(C)C)c4cc5c(c(c43)-c3cc4c(cc32)C(C)(C)c2cc3c(cc2-4)C(C)(C)CCC3(C)C)OC2=CC=CCC25)C(C)(C)CCC6(C)C)cc1. The van der Waals surface area contributed by atoms with E-state index in [2.05, 4.69) is 218 Å². The van der Waals surface area contributed by atoms with Crippen molar-refractivity contribution in [1.29, 1.82) is 0 Å². The molecule has 1 unspecified atom stereocenters. The zero-order valence-corrected chi connectivity index (χ0v) is 49.6. The Kier molecular flexibility index (Phi) is 9.51. The molecule has 0 bridgehead atoms. The van der Waals surface area contributed by atoms with Crippen LogP contribution in [0.5, 0.6) is 5.75 Å². The van der Waals surface area contributed by atoms with Crippen LogP contribution in [0.4, 0.5) is 28.4 Å². The highest BCUT2D eigenvalue weighted by Gasteiger charge is 2.54. The van der Waals surface area contributed by atoms with Crippen molar-refractivity contribution >= 4 is 57.4 Å². The van der Waals surface area contributed by atoms with Crippen LogP contribution in [0.25, 0.3) is 33.2 Å². The Morgan fingerprint density at radius 2 is 1.06 bits per heavy atom. The molecule has 0 saturated heterocycles. The van der Waals surface area contributed by atoms with Crippen LogP contribution in [0, 0.1) is 13.8 Å². The van der Waals surface area contributed by atoms with Crippen LogP contribution in [0.3, 0.4) is 0 Å². The lowest BCUT2D eigenvalue weighted by Crippen LogP contribution is -2.61. The third-order valence-electron chi connectivity index (χ3n) is 22.0. The second-order valence-corrected chi connectivity index (χ2v) is 30.1. The number of nitrogens with zero attached hydrogens (tertiary/aromatic N) is 2. The fourth-order valence-electron chi connectivity index (χ4n) is 16.5. The summed E-state index contributed by atoms with van der Waals surface area (Å²) in [5, 5.41) is 1.20. The number of furan rings is 1. The second kappa shape index (κ2) is 15.2. The molecule has 396 valence electrons. The molecule has 0 amide bonds. The Hall–Kier alpha value is -6.20. The van der Waals surface area contributed by atoms with Gasteiger partial charge in [-0.05, 0) is 219 Å². The van der Waals surface area contributed by atoms with Crippen molar-refractivity contribution in [3.63, 3.8) is 0 Å². The fourth-order valence-corrected chi connectivity index (χ4v) is 16.5. The average Bonchev–Trinajstić information content (AvgIpc) is 3.48. The van der Waals surface area contributed by atoms with Crippen LogP contribution in [0.15, 0.2) is 107 Å². The van der Waals surface area contributed by atoms with E-state index in [1.807, 2.05) is 0 Å². The second-order valence-electron chi connectivity index (χ2n) is 30.1. The molecule has 8 aliphatic rings. The Bertz CT molecular complexity index is 3940. The number of fused-ring (bicyclic) bond motifs is 16. The van der Waals surface area contributed by atoms with E-state index in [-0.39, 0.29) is 50.7 Å². The van der Waals surface area contributed by atoms with E-state index < -0.39 is 0 Å². The minimum absolute atomic E-state index is 0.00770. The van der Waals surface area contributed by atoms with Gasteiger partial charge in [0.05, 0.1) is 5.69 Å². The number of benzene rings is 6. The molecular weight excluding hydrogens is 948 g/mol. The van der Waals surface area contributed by atoms with Crippen LogP contribution in [-0.2, 0) is 37.9 Å². The van der Waals surface area contributed by atoms with E-state index in [9.17, 15) is 0 Å². The number of ether oxygens (including phenoxy) is 1. The summed E-state index contributed by atoms with van der Waals surface area (Å²) in [4.78, 5) is 5.39. The Labute approximate surface area is 465 Å². The van der Waals surface area contributed by atoms with Crippen molar-refractivity contribution < 1.29 is 9.15 Å². The monoisotopic (exact) mass is 1030 g/mol. The van der Waals surface area contributed by atoms with E-state index >= 15 is 0 Å². The molecule has 0 spiro atoms. The van der Waals surface area contributed by atoms with Gasteiger partial charge >= 0.3 is 6.85 Å². The summed E-state index contributed by atoms with van der Waals surface area (Å²) in [6, 6.07) is 32.6. The maximum Gasteiger partial charge on any atom is 0.376 e. The van der Waals surface area contributed by atoms with E-state index in [0.29, 0.717) is 0 Å². The van der Waals surface area contributed by atoms with Crippen LogP contribution in [0.1, 0.15) is 209 Å². The number of anilines is 5. The fraction of sp³-hybridized carbons (Fsp3) is 0.425. The number of aryl methyl sites for hydroxylation is 2. The Morgan fingerprint density at radius 1 is 0.526 bits per heavy atom. The van der Waals surface area contributed by atoms with Gasteiger partial charge in [-0.15, -0.1) is 0 Å². The molecule has 1 atom stereocenters. The first kappa shape index (κ1) is 48.9. The number of rotatable bonds is 2. The first-order valence-corrected chi connectivity index (χ1v) is 29.8. The third-order valence-corrected chi connectivity index (χ3v) is 22.0. The summed E-state index contributed by atoms with van der Waals surface area (Å²) in [6.45, 7) is 38.8. The van der Waals surface area contributed by atoms with Gasteiger partial charge in [0, 0.05) is 56.2 Å². The molecule has 5 heteroatoms. The van der Waals surface area contributed by atoms with Crippen LogP contribution >= 0.6 is 0 Å². The van der Waals surface area contributed by atoms with Crippen molar-refractivity contribution in [1.82, 2.24) is 0 Å². The molecule has 3 aliphatic heterocycles. The largest absolute Gasteiger partial charge is 0.466 e. The number of allylic oxidation sites excluding steroid dienone is 4. The molecule has 0 radical (unpaired) electrons. The normalized spacial score (nSPS) is 22.6. The van der Waals surface area contributed by atoms with Gasteiger partial charge in [0.1, 0.15) is 22.8 Å². The highest BCUT2D eigenvalue weighted by molar-refractivity contribution is 6.93. The minimum Gasteiger partial charge on any atom is -0.466 e. The molecule has 78 heavy (non-hydrogen) atoms. The summed E-state index contributed by atoms with van der Waals surface area (Å²) in [5.41, 5.74) is 30.0. The van der Waals surface area contributed by atoms with Gasteiger partial charge in [0.2, 0.25) is 0 Å². The maximum absolute atomic E-state index is 7.88. The lowest BCUT2D eigenvalue weighted by atomic mass is 9.45. The molecule has 0 N–H and O–H groups in total. The van der Waals surface area contributed by atoms with Gasteiger partial charge in [-0.1, -0.05) is 139 Å². The van der Waals surface area contributed by atoms with Crippen LogP contribution < -0.4 is 25.6 Å². The first-order chi connectivity index (χ1) is 36.7. The van der Waals surface area contributed by atoms with Crippen molar-refractivity contribution in [3.05, 3.63) is 164 Å². The average molecular weight is 1030 g/mol. The first-order valence-electron chi connectivity index (χ1n) is 29.8. The number of hydrogen-bond acceptors (Lipinski definition) is 4. The van der Waals surface area contributed by atoms with E-state index in [0.717, 1.165) is 54.1 Å². The van der Waals surface area contributed by atoms with Crippen molar-refractivity contribution in [2.45, 2.75) is 200 Å². The molecular formula is C73H79BN2O2. The van der Waals surface area contributed by atoms with Crippen molar-refractivity contribution in [2.24, 2.45) is 0 Å². The quantitative estimate of drug-likeness (QED) is 0.161. The summed E-state index contributed by atoms with van der Waals surface area (Å²) in [7, 11) is 0. The summed E-state index contributed by atoms with van der Waals surface area (Å²) < 4.78 is 15.3. The molecule has 0 saturated carbocycles. The molecule has 1 aromatic heterocycles. The van der Waals surface area contributed by atoms with E-state index in [4.69, 9.17) is 9.15 Å². The zero-order valence-electron chi connectivity index (χ0n) is 49.6. The van der Waals surface area contributed by atoms with E-state index in [1.165, 1.54) is 136 Å². The molecule has 5 aliphatic carbocycles. The lowest BCUT2D eigenvalue weighted by molar-refractivity contribution is 0.331. The topological polar surface area (TPSA) is 28.9 Å². The zero-order chi connectivity index (χ0) is 54.5. The molecule has 7 aromatic rings. The highest BCUT2D eigenvalue weighted by atomic mass is 16.5. The molecule has 0 fully saturated rings. The molecule has 4 nitrogen and oxygen atoms in total. The third kappa shape index (κ3) is 6.37. The van der Waals surface area contributed by atoms with Gasteiger partial charge in [-0.3, -0.25) is 0 Å². The summed E-state index contributed by atoms with van der Waals surface area (Å²) in [5.74, 6) is 2.18. The predicted octanol–water partition coefficient (Wildman–Crippen LogP) is 18.4. The van der Waals surface area contributed by atoms with E-state index in [1.54, 1.807) is 0 Å². The Morgan fingerprint density at radius 3 is 1.71 bits per heavy atom. The molecule has 15 rings (SSSR count). The summed E-state index contributed by atoms with van der Waals surface area (Å²) >= 11 is 0. The Balaban J connectivity index is 1.10. The predicted molar refractivity (Wildman–Crippen MR) is 328 cm³/mol. The minimum atomic E-state index is -0.308. The summed E-state index contributed by atoms with van der Waals surface area (Å²) in [6.07, 6.45) is 14.7. The van der Waals surface area contributed by atoms with Gasteiger partial charge in [0.25, 0.3) is 0 Å².